The van der Waals surface area contributed by atoms with E-state index in [0.717, 1.165) is 45.7 Å². The van der Waals surface area contributed by atoms with Gasteiger partial charge in [0.2, 0.25) is 0 Å². The van der Waals surface area contributed by atoms with Crippen LogP contribution in [-0.2, 0) is 0 Å². The SMILES string of the molecule is CC(C)(C)C(O)CN1CCN(CCCC#N)CC1. The maximum absolute atomic E-state index is 10.1. The summed E-state index contributed by atoms with van der Waals surface area (Å²) in [6, 6.07) is 2.19. The molecule has 0 bridgehead atoms. The third-order valence-corrected chi connectivity index (χ3v) is 3.66. The molecule has 0 radical (unpaired) electrons. The van der Waals surface area contributed by atoms with Gasteiger partial charge in [0.1, 0.15) is 0 Å². The molecule has 1 aliphatic rings. The van der Waals surface area contributed by atoms with Crippen molar-refractivity contribution in [1.29, 1.82) is 5.26 Å². The maximum atomic E-state index is 10.1. The summed E-state index contributed by atoms with van der Waals surface area (Å²) in [5, 5.41) is 18.6. The number of nitriles is 1. The summed E-state index contributed by atoms with van der Waals surface area (Å²) < 4.78 is 0. The lowest BCUT2D eigenvalue weighted by molar-refractivity contribution is 0.0134. The predicted octanol–water partition coefficient (Wildman–Crippen LogP) is 1.31. The summed E-state index contributed by atoms with van der Waals surface area (Å²) in [6.07, 6.45) is 1.37. The van der Waals surface area contributed by atoms with Crippen molar-refractivity contribution in [2.45, 2.75) is 39.7 Å². The van der Waals surface area contributed by atoms with Gasteiger partial charge in [0, 0.05) is 39.1 Å². The first-order valence-electron chi connectivity index (χ1n) is 6.93. The third kappa shape index (κ3) is 5.34. The first-order valence-corrected chi connectivity index (χ1v) is 6.93. The number of β-amino-alcohol motifs (C(OH)–C–C–N with tert-alkyl or cyclic N) is 1. The van der Waals surface area contributed by atoms with Crippen LogP contribution in [0.15, 0.2) is 0 Å². The average Bonchev–Trinajstić information content (AvgIpc) is 2.30. The molecular weight excluding hydrogens is 226 g/mol. The van der Waals surface area contributed by atoms with E-state index >= 15 is 0 Å². The highest BCUT2D eigenvalue weighted by Crippen LogP contribution is 2.20. The van der Waals surface area contributed by atoms with Gasteiger partial charge in [-0.1, -0.05) is 20.8 Å². The van der Waals surface area contributed by atoms with E-state index in [9.17, 15) is 5.11 Å². The third-order valence-electron chi connectivity index (χ3n) is 3.66. The van der Waals surface area contributed by atoms with Crippen LogP contribution in [0.1, 0.15) is 33.6 Å². The molecule has 0 saturated carbocycles. The Morgan fingerprint density at radius 2 is 1.72 bits per heavy atom. The van der Waals surface area contributed by atoms with Crippen molar-refractivity contribution in [2.24, 2.45) is 5.41 Å². The van der Waals surface area contributed by atoms with Gasteiger partial charge in [-0.3, -0.25) is 4.90 Å². The lowest BCUT2D eigenvalue weighted by Gasteiger charge is -2.37. The van der Waals surface area contributed by atoms with Crippen LogP contribution in [0.5, 0.6) is 0 Å². The zero-order chi connectivity index (χ0) is 13.6. The van der Waals surface area contributed by atoms with Gasteiger partial charge in [-0.15, -0.1) is 0 Å². The van der Waals surface area contributed by atoms with E-state index in [4.69, 9.17) is 5.26 Å². The van der Waals surface area contributed by atoms with Gasteiger partial charge in [-0.05, 0) is 18.4 Å². The van der Waals surface area contributed by atoms with Crippen molar-refractivity contribution in [3.05, 3.63) is 0 Å². The molecule has 0 amide bonds. The van der Waals surface area contributed by atoms with E-state index in [0.29, 0.717) is 6.42 Å². The Hall–Kier alpha value is -0.630. The zero-order valence-corrected chi connectivity index (χ0v) is 12.0. The summed E-state index contributed by atoms with van der Waals surface area (Å²) in [5.41, 5.74) is -0.0378. The highest BCUT2D eigenvalue weighted by atomic mass is 16.3. The number of aliphatic hydroxyl groups excluding tert-OH is 1. The molecular formula is C14H27N3O. The molecule has 1 saturated heterocycles. The van der Waals surface area contributed by atoms with Crippen molar-refractivity contribution in [1.82, 2.24) is 9.80 Å². The number of aliphatic hydroxyl groups is 1. The largest absolute Gasteiger partial charge is 0.391 e. The minimum absolute atomic E-state index is 0.0378. The Kier molecular flexibility index (Phi) is 6.07. The van der Waals surface area contributed by atoms with Crippen molar-refractivity contribution in [3.8, 4) is 6.07 Å². The van der Waals surface area contributed by atoms with E-state index in [-0.39, 0.29) is 11.5 Å². The summed E-state index contributed by atoms with van der Waals surface area (Å²) in [4.78, 5) is 4.76. The van der Waals surface area contributed by atoms with Gasteiger partial charge in [0.05, 0.1) is 12.2 Å². The van der Waals surface area contributed by atoms with Crippen molar-refractivity contribution in [2.75, 3.05) is 39.3 Å². The van der Waals surface area contributed by atoms with E-state index in [2.05, 4.69) is 36.6 Å². The molecule has 1 atom stereocenters. The first-order chi connectivity index (χ1) is 8.43. The summed E-state index contributed by atoms with van der Waals surface area (Å²) >= 11 is 0. The number of rotatable bonds is 5. The molecule has 0 spiro atoms. The molecule has 1 N–H and O–H groups in total. The lowest BCUT2D eigenvalue weighted by Crippen LogP contribution is -2.50. The van der Waals surface area contributed by atoms with Gasteiger partial charge in [-0.2, -0.15) is 5.26 Å². The summed E-state index contributed by atoms with van der Waals surface area (Å²) in [7, 11) is 0. The molecule has 1 unspecified atom stereocenters. The Morgan fingerprint density at radius 3 is 2.22 bits per heavy atom. The normalized spacial score (nSPS) is 20.6. The number of nitrogens with zero attached hydrogens (tertiary/aromatic N) is 3. The topological polar surface area (TPSA) is 50.5 Å². The molecule has 1 rings (SSSR count). The number of unbranched alkanes of at least 4 members (excludes halogenated alkanes) is 1. The van der Waals surface area contributed by atoms with Crippen molar-refractivity contribution >= 4 is 0 Å². The molecule has 0 aromatic carbocycles. The van der Waals surface area contributed by atoms with Crippen molar-refractivity contribution in [3.63, 3.8) is 0 Å². The standard InChI is InChI=1S/C14H27N3O/c1-14(2,3)13(18)12-17-10-8-16(9-11-17)7-5-4-6-15/h13,18H,4-5,7-12H2,1-3H3. The maximum Gasteiger partial charge on any atom is 0.0715 e. The van der Waals surface area contributed by atoms with Crippen LogP contribution >= 0.6 is 0 Å². The average molecular weight is 253 g/mol. The molecule has 18 heavy (non-hydrogen) atoms. The fourth-order valence-corrected chi connectivity index (χ4v) is 2.10. The van der Waals surface area contributed by atoms with Gasteiger partial charge >= 0.3 is 0 Å². The first kappa shape index (κ1) is 15.4. The fourth-order valence-electron chi connectivity index (χ4n) is 2.10. The number of hydrogen-bond acceptors (Lipinski definition) is 4. The molecule has 1 heterocycles. The van der Waals surface area contributed by atoms with E-state index in [1.807, 2.05) is 0 Å². The van der Waals surface area contributed by atoms with Crippen LogP contribution in [0.25, 0.3) is 0 Å². The van der Waals surface area contributed by atoms with Crippen LogP contribution in [0.2, 0.25) is 0 Å². The van der Waals surface area contributed by atoms with E-state index in [1.54, 1.807) is 0 Å². The van der Waals surface area contributed by atoms with Gasteiger partial charge < -0.3 is 10.0 Å². The molecule has 0 aliphatic carbocycles. The van der Waals surface area contributed by atoms with Crippen molar-refractivity contribution < 1.29 is 5.11 Å². The fraction of sp³-hybridized carbons (Fsp3) is 0.929. The highest BCUT2D eigenvalue weighted by Gasteiger charge is 2.26. The summed E-state index contributed by atoms with van der Waals surface area (Å²) in [5.74, 6) is 0. The predicted molar refractivity (Wildman–Crippen MR) is 73.2 cm³/mol. The number of piperazine rings is 1. The smallest absolute Gasteiger partial charge is 0.0715 e. The van der Waals surface area contributed by atoms with E-state index < -0.39 is 0 Å². The Morgan fingerprint density at radius 1 is 1.17 bits per heavy atom. The Bertz CT molecular complexity index is 272. The quantitative estimate of drug-likeness (QED) is 0.751. The molecule has 1 aliphatic heterocycles. The van der Waals surface area contributed by atoms with Crippen LogP contribution in [0, 0.1) is 16.7 Å². The second kappa shape index (κ2) is 7.08. The molecule has 0 aromatic rings. The molecule has 1 fully saturated rings. The minimum Gasteiger partial charge on any atom is -0.391 e. The van der Waals surface area contributed by atoms with Crippen LogP contribution in [0.3, 0.4) is 0 Å². The van der Waals surface area contributed by atoms with Gasteiger partial charge in [-0.25, -0.2) is 0 Å². The summed E-state index contributed by atoms with van der Waals surface area (Å²) in [6.45, 7) is 12.2. The van der Waals surface area contributed by atoms with Crippen LogP contribution in [-0.4, -0.2) is 60.3 Å². The Balaban J connectivity index is 2.21. The lowest BCUT2D eigenvalue weighted by atomic mass is 9.89. The molecule has 4 heteroatoms. The molecule has 104 valence electrons. The van der Waals surface area contributed by atoms with Gasteiger partial charge in [0.15, 0.2) is 0 Å². The second-order valence-corrected chi connectivity index (χ2v) is 6.29. The van der Waals surface area contributed by atoms with Crippen LogP contribution < -0.4 is 0 Å². The second-order valence-electron chi connectivity index (χ2n) is 6.29. The monoisotopic (exact) mass is 253 g/mol. The van der Waals surface area contributed by atoms with Gasteiger partial charge in [0.25, 0.3) is 0 Å². The zero-order valence-electron chi connectivity index (χ0n) is 12.0. The molecule has 0 aromatic heterocycles. The number of hydrogen-bond donors (Lipinski definition) is 1. The molecule has 4 nitrogen and oxygen atoms in total. The highest BCUT2D eigenvalue weighted by molar-refractivity contribution is 4.80. The van der Waals surface area contributed by atoms with E-state index in [1.165, 1.54) is 0 Å². The minimum atomic E-state index is -0.261. The Labute approximate surface area is 111 Å². The van der Waals surface area contributed by atoms with Crippen LogP contribution in [0.4, 0.5) is 0 Å².